The summed E-state index contributed by atoms with van der Waals surface area (Å²) in [5.41, 5.74) is 2.12. The number of hydrogen-bond donors (Lipinski definition) is 0. The minimum Gasteiger partial charge on any atom is -0.494 e. The molecule has 0 aliphatic heterocycles. The second kappa shape index (κ2) is 12.6. The first-order valence-corrected chi connectivity index (χ1v) is 8.93. The quantitative estimate of drug-likeness (QED) is 0.540. The highest BCUT2D eigenvalue weighted by atomic mass is 16.5. The van der Waals surface area contributed by atoms with Gasteiger partial charge in [0.2, 0.25) is 0 Å². The number of hydrogen-bond acceptors (Lipinski definition) is 4. The van der Waals surface area contributed by atoms with Gasteiger partial charge in [0.1, 0.15) is 17.2 Å². The van der Waals surface area contributed by atoms with Gasteiger partial charge in [-0.1, -0.05) is 43.1 Å². The van der Waals surface area contributed by atoms with Gasteiger partial charge in [-0.25, -0.2) is 0 Å². The third kappa shape index (κ3) is 8.73. The molecule has 4 nitrogen and oxygen atoms in total. The van der Waals surface area contributed by atoms with Gasteiger partial charge in [-0.15, -0.1) is 0 Å². The van der Waals surface area contributed by atoms with Gasteiger partial charge in [-0.3, -0.25) is 0 Å². The molecule has 24 heavy (non-hydrogen) atoms. The van der Waals surface area contributed by atoms with Crippen LogP contribution in [0.15, 0.2) is 34.9 Å². The van der Waals surface area contributed by atoms with Crippen LogP contribution in [0.25, 0.3) is 0 Å². The van der Waals surface area contributed by atoms with E-state index in [1.54, 1.807) is 0 Å². The molecule has 0 atom stereocenters. The molecule has 0 unspecified atom stereocenters. The molecule has 2 aromatic rings. The minimum atomic E-state index is 0.536. The van der Waals surface area contributed by atoms with Gasteiger partial charge in [-0.05, 0) is 45.2 Å². The first-order chi connectivity index (χ1) is 11.7. The SMILES string of the molecule is CC.Cc1ccc(OCCCCCCOCc2cc(C)on2)cc1. The lowest BCUT2D eigenvalue weighted by molar-refractivity contribution is 0.111. The number of aromatic nitrogens is 1. The maximum Gasteiger partial charge on any atom is 0.134 e. The molecule has 0 radical (unpaired) electrons. The second-order valence-electron chi connectivity index (χ2n) is 5.56. The molecule has 0 fully saturated rings. The highest BCUT2D eigenvalue weighted by molar-refractivity contribution is 5.26. The zero-order valence-corrected chi connectivity index (χ0v) is 15.5. The predicted octanol–water partition coefficient (Wildman–Crippen LogP) is 5.47. The Bertz CT molecular complexity index is 534. The Kier molecular flexibility index (Phi) is 10.6. The van der Waals surface area contributed by atoms with Crippen molar-refractivity contribution in [2.45, 2.75) is 60.0 Å². The van der Waals surface area contributed by atoms with E-state index >= 15 is 0 Å². The summed E-state index contributed by atoms with van der Waals surface area (Å²) in [4.78, 5) is 0. The highest BCUT2D eigenvalue weighted by Gasteiger charge is 2.00. The molecule has 1 aromatic carbocycles. The molecule has 0 aliphatic carbocycles. The van der Waals surface area contributed by atoms with Gasteiger partial charge < -0.3 is 14.0 Å². The Labute approximate surface area is 146 Å². The summed E-state index contributed by atoms with van der Waals surface area (Å²) in [6.07, 6.45) is 4.48. The topological polar surface area (TPSA) is 44.5 Å². The molecular weight excluding hydrogens is 302 g/mol. The third-order valence-corrected chi connectivity index (χ3v) is 3.40. The fraction of sp³-hybridized carbons (Fsp3) is 0.550. The Morgan fingerprint density at radius 1 is 0.917 bits per heavy atom. The van der Waals surface area contributed by atoms with E-state index in [1.165, 1.54) is 5.56 Å². The van der Waals surface area contributed by atoms with Crippen LogP contribution in [-0.2, 0) is 11.3 Å². The summed E-state index contributed by atoms with van der Waals surface area (Å²) < 4.78 is 16.3. The molecule has 1 aromatic heterocycles. The van der Waals surface area contributed by atoms with Gasteiger partial charge in [0.15, 0.2) is 0 Å². The largest absolute Gasteiger partial charge is 0.494 e. The van der Waals surface area contributed by atoms with Crippen LogP contribution in [0.4, 0.5) is 0 Å². The molecule has 0 saturated heterocycles. The summed E-state index contributed by atoms with van der Waals surface area (Å²) in [7, 11) is 0. The lowest BCUT2D eigenvalue weighted by atomic mass is 10.2. The molecule has 0 N–H and O–H groups in total. The van der Waals surface area contributed by atoms with E-state index in [1.807, 2.05) is 39.0 Å². The van der Waals surface area contributed by atoms with Crippen molar-refractivity contribution in [3.05, 3.63) is 47.3 Å². The van der Waals surface area contributed by atoms with E-state index in [0.717, 1.165) is 56.1 Å². The zero-order valence-electron chi connectivity index (χ0n) is 15.5. The number of nitrogens with zero attached hydrogens (tertiary/aromatic N) is 1. The molecule has 134 valence electrons. The lowest BCUT2D eigenvalue weighted by Gasteiger charge is -2.06. The van der Waals surface area contributed by atoms with Crippen LogP contribution in [0.1, 0.15) is 56.5 Å². The summed E-state index contributed by atoms with van der Waals surface area (Å²) in [5.74, 6) is 1.78. The van der Waals surface area contributed by atoms with E-state index in [0.29, 0.717) is 6.61 Å². The van der Waals surface area contributed by atoms with Gasteiger partial charge in [0, 0.05) is 12.7 Å². The normalized spacial score (nSPS) is 10.2. The molecule has 2 rings (SSSR count). The Morgan fingerprint density at radius 2 is 1.58 bits per heavy atom. The summed E-state index contributed by atoms with van der Waals surface area (Å²) >= 11 is 0. The van der Waals surface area contributed by atoms with Crippen LogP contribution in [0, 0.1) is 13.8 Å². The smallest absolute Gasteiger partial charge is 0.134 e. The Hall–Kier alpha value is -1.81. The third-order valence-electron chi connectivity index (χ3n) is 3.40. The van der Waals surface area contributed by atoms with Crippen molar-refractivity contribution >= 4 is 0 Å². The van der Waals surface area contributed by atoms with Crippen molar-refractivity contribution in [1.82, 2.24) is 5.16 Å². The zero-order chi connectivity index (χ0) is 17.6. The van der Waals surface area contributed by atoms with Gasteiger partial charge in [0.25, 0.3) is 0 Å². The molecule has 0 bridgehead atoms. The van der Waals surface area contributed by atoms with Crippen LogP contribution < -0.4 is 4.74 Å². The number of aryl methyl sites for hydroxylation is 2. The second-order valence-corrected chi connectivity index (χ2v) is 5.56. The molecular formula is C20H31NO3. The highest BCUT2D eigenvalue weighted by Crippen LogP contribution is 2.12. The summed E-state index contributed by atoms with van der Waals surface area (Å²) in [5, 5.41) is 3.89. The summed E-state index contributed by atoms with van der Waals surface area (Å²) in [6.45, 7) is 10.0. The fourth-order valence-electron chi connectivity index (χ4n) is 2.15. The number of ether oxygens (including phenoxy) is 2. The molecule has 4 heteroatoms. The van der Waals surface area contributed by atoms with Crippen LogP contribution in [0.5, 0.6) is 5.75 Å². The fourth-order valence-corrected chi connectivity index (χ4v) is 2.15. The molecule has 1 heterocycles. The van der Waals surface area contributed by atoms with Crippen molar-refractivity contribution in [2.24, 2.45) is 0 Å². The van der Waals surface area contributed by atoms with E-state index in [-0.39, 0.29) is 0 Å². The number of benzene rings is 1. The Balaban J connectivity index is 0.00000139. The predicted molar refractivity (Wildman–Crippen MR) is 97.4 cm³/mol. The van der Waals surface area contributed by atoms with E-state index in [4.69, 9.17) is 14.0 Å². The lowest BCUT2D eigenvalue weighted by Crippen LogP contribution is -1.99. The maximum atomic E-state index is 5.70. The number of rotatable bonds is 10. The standard InChI is InChI=1S/C18H25NO3.C2H6/c1-15-7-9-18(10-8-15)21-12-6-4-3-5-11-20-14-17-13-16(2)22-19-17;1-2/h7-10,13H,3-6,11-12,14H2,1-2H3;1-2H3. The van der Waals surface area contributed by atoms with Crippen LogP contribution in [-0.4, -0.2) is 18.4 Å². The van der Waals surface area contributed by atoms with Crippen LogP contribution >= 0.6 is 0 Å². The average Bonchev–Trinajstić information content (AvgIpc) is 3.02. The molecule has 0 spiro atoms. The van der Waals surface area contributed by atoms with Crippen LogP contribution in [0.2, 0.25) is 0 Å². The Morgan fingerprint density at radius 3 is 2.21 bits per heavy atom. The molecule has 0 aliphatic rings. The van der Waals surface area contributed by atoms with E-state index in [9.17, 15) is 0 Å². The van der Waals surface area contributed by atoms with Crippen molar-refractivity contribution in [3.63, 3.8) is 0 Å². The molecule has 0 amide bonds. The number of unbranched alkanes of at least 4 members (excludes halogenated alkanes) is 3. The van der Waals surface area contributed by atoms with Crippen molar-refractivity contribution in [2.75, 3.05) is 13.2 Å². The first kappa shape index (κ1) is 20.2. The van der Waals surface area contributed by atoms with Crippen molar-refractivity contribution in [1.29, 1.82) is 0 Å². The first-order valence-electron chi connectivity index (χ1n) is 8.93. The minimum absolute atomic E-state index is 0.536. The average molecular weight is 333 g/mol. The van der Waals surface area contributed by atoms with E-state index < -0.39 is 0 Å². The van der Waals surface area contributed by atoms with Gasteiger partial charge in [0.05, 0.1) is 13.2 Å². The van der Waals surface area contributed by atoms with Gasteiger partial charge in [-0.2, -0.15) is 0 Å². The van der Waals surface area contributed by atoms with Gasteiger partial charge >= 0.3 is 0 Å². The monoisotopic (exact) mass is 333 g/mol. The van der Waals surface area contributed by atoms with E-state index in [2.05, 4.69) is 24.2 Å². The van der Waals surface area contributed by atoms with Crippen molar-refractivity contribution < 1.29 is 14.0 Å². The summed E-state index contributed by atoms with van der Waals surface area (Å²) in [6, 6.07) is 10.1. The van der Waals surface area contributed by atoms with Crippen molar-refractivity contribution in [3.8, 4) is 5.75 Å². The molecule has 0 saturated carbocycles. The maximum absolute atomic E-state index is 5.70. The van der Waals surface area contributed by atoms with Crippen LogP contribution in [0.3, 0.4) is 0 Å².